The van der Waals surface area contributed by atoms with Crippen molar-refractivity contribution in [3.8, 4) is 5.75 Å². The minimum atomic E-state index is 0.373. The molecule has 1 aromatic rings. The second-order valence-electron chi connectivity index (χ2n) is 5.87. The van der Waals surface area contributed by atoms with Gasteiger partial charge < -0.3 is 10.5 Å². The van der Waals surface area contributed by atoms with E-state index in [1.165, 1.54) is 41.5 Å². The molecule has 1 saturated carbocycles. The summed E-state index contributed by atoms with van der Waals surface area (Å²) in [4.78, 5) is 0. The molecule has 0 amide bonds. The second-order valence-corrected chi connectivity index (χ2v) is 5.87. The SMILES string of the molecule is COc1c(C)cc(CC2(CN)CCC2)c(C)c1C. The van der Waals surface area contributed by atoms with Crippen LogP contribution in [0, 0.1) is 26.2 Å². The van der Waals surface area contributed by atoms with Gasteiger partial charge in [-0.3, -0.25) is 0 Å². The van der Waals surface area contributed by atoms with Crippen molar-refractivity contribution in [2.24, 2.45) is 11.1 Å². The number of nitrogens with two attached hydrogens (primary N) is 1. The Morgan fingerprint density at radius 3 is 2.33 bits per heavy atom. The normalized spacial score (nSPS) is 17.4. The monoisotopic (exact) mass is 247 g/mol. The molecule has 0 aromatic heterocycles. The molecular weight excluding hydrogens is 222 g/mol. The van der Waals surface area contributed by atoms with Gasteiger partial charge in [-0.05, 0) is 74.2 Å². The van der Waals surface area contributed by atoms with Crippen LogP contribution in [0.1, 0.15) is 41.5 Å². The Morgan fingerprint density at radius 1 is 1.22 bits per heavy atom. The Morgan fingerprint density at radius 2 is 1.89 bits per heavy atom. The van der Waals surface area contributed by atoms with E-state index in [-0.39, 0.29) is 0 Å². The smallest absolute Gasteiger partial charge is 0.124 e. The number of hydrogen-bond donors (Lipinski definition) is 1. The summed E-state index contributed by atoms with van der Waals surface area (Å²) in [6.07, 6.45) is 5.03. The minimum absolute atomic E-state index is 0.373. The van der Waals surface area contributed by atoms with Gasteiger partial charge in [-0.2, -0.15) is 0 Å². The van der Waals surface area contributed by atoms with Crippen molar-refractivity contribution in [1.29, 1.82) is 0 Å². The lowest BCUT2D eigenvalue weighted by Gasteiger charge is -2.41. The minimum Gasteiger partial charge on any atom is -0.496 e. The van der Waals surface area contributed by atoms with Gasteiger partial charge in [-0.25, -0.2) is 0 Å². The first kappa shape index (κ1) is 13.4. The van der Waals surface area contributed by atoms with Gasteiger partial charge in [-0.1, -0.05) is 12.5 Å². The average molecular weight is 247 g/mol. The van der Waals surface area contributed by atoms with Gasteiger partial charge in [0.05, 0.1) is 7.11 Å². The van der Waals surface area contributed by atoms with E-state index in [4.69, 9.17) is 10.5 Å². The topological polar surface area (TPSA) is 35.2 Å². The summed E-state index contributed by atoms with van der Waals surface area (Å²) in [7, 11) is 1.75. The summed E-state index contributed by atoms with van der Waals surface area (Å²) < 4.78 is 5.48. The maximum atomic E-state index is 5.97. The molecule has 2 heteroatoms. The van der Waals surface area contributed by atoms with E-state index in [9.17, 15) is 0 Å². The molecular formula is C16H25NO. The number of aryl methyl sites for hydroxylation is 1. The van der Waals surface area contributed by atoms with Crippen LogP contribution in [0.5, 0.6) is 5.75 Å². The lowest BCUT2D eigenvalue weighted by molar-refractivity contribution is 0.144. The van der Waals surface area contributed by atoms with Gasteiger partial charge in [0.25, 0.3) is 0 Å². The molecule has 18 heavy (non-hydrogen) atoms. The maximum absolute atomic E-state index is 5.97. The highest BCUT2D eigenvalue weighted by atomic mass is 16.5. The molecule has 0 bridgehead atoms. The van der Waals surface area contributed by atoms with E-state index in [0.717, 1.165) is 18.7 Å². The van der Waals surface area contributed by atoms with Crippen molar-refractivity contribution < 1.29 is 4.74 Å². The zero-order chi connectivity index (χ0) is 13.3. The van der Waals surface area contributed by atoms with Crippen molar-refractivity contribution in [2.75, 3.05) is 13.7 Å². The molecule has 0 heterocycles. The van der Waals surface area contributed by atoms with Crippen LogP contribution in [0.15, 0.2) is 6.07 Å². The molecule has 100 valence electrons. The molecule has 0 radical (unpaired) electrons. The molecule has 2 rings (SSSR count). The highest BCUT2D eigenvalue weighted by Gasteiger charge is 2.36. The third kappa shape index (κ3) is 2.14. The van der Waals surface area contributed by atoms with Gasteiger partial charge in [-0.15, -0.1) is 0 Å². The summed E-state index contributed by atoms with van der Waals surface area (Å²) in [5, 5.41) is 0. The fraction of sp³-hybridized carbons (Fsp3) is 0.625. The Hall–Kier alpha value is -1.02. The van der Waals surface area contributed by atoms with Crippen molar-refractivity contribution in [1.82, 2.24) is 0 Å². The first-order chi connectivity index (χ1) is 8.53. The van der Waals surface area contributed by atoms with Crippen molar-refractivity contribution in [2.45, 2.75) is 46.5 Å². The summed E-state index contributed by atoms with van der Waals surface area (Å²) in [6.45, 7) is 7.30. The molecule has 0 unspecified atom stereocenters. The van der Waals surface area contributed by atoms with Gasteiger partial charge >= 0.3 is 0 Å². The van der Waals surface area contributed by atoms with E-state index in [1.807, 2.05) is 0 Å². The van der Waals surface area contributed by atoms with Crippen LogP contribution in [0.2, 0.25) is 0 Å². The second kappa shape index (κ2) is 4.93. The van der Waals surface area contributed by atoms with E-state index in [1.54, 1.807) is 7.11 Å². The summed E-state index contributed by atoms with van der Waals surface area (Å²) in [5.41, 5.74) is 11.7. The average Bonchev–Trinajstić information content (AvgIpc) is 2.30. The largest absolute Gasteiger partial charge is 0.496 e. The third-order valence-corrected chi connectivity index (χ3v) is 4.75. The Balaban J connectivity index is 2.34. The predicted molar refractivity (Wildman–Crippen MR) is 76.2 cm³/mol. The Kier molecular flexibility index (Phi) is 3.67. The predicted octanol–water partition coefficient (Wildman–Crippen LogP) is 3.29. The molecule has 1 aliphatic carbocycles. The van der Waals surface area contributed by atoms with Crippen LogP contribution in [0.3, 0.4) is 0 Å². The highest BCUT2D eigenvalue weighted by Crippen LogP contribution is 2.44. The van der Waals surface area contributed by atoms with Crippen LogP contribution in [0.25, 0.3) is 0 Å². The number of ether oxygens (including phenoxy) is 1. The number of benzene rings is 1. The van der Waals surface area contributed by atoms with E-state index >= 15 is 0 Å². The number of hydrogen-bond acceptors (Lipinski definition) is 2. The summed E-state index contributed by atoms with van der Waals surface area (Å²) in [5.74, 6) is 1.03. The summed E-state index contributed by atoms with van der Waals surface area (Å²) in [6, 6.07) is 2.29. The molecule has 0 aliphatic heterocycles. The van der Waals surface area contributed by atoms with Crippen molar-refractivity contribution in [3.05, 3.63) is 28.3 Å². The Labute approximate surface area is 111 Å². The molecule has 0 atom stereocenters. The van der Waals surface area contributed by atoms with Crippen LogP contribution >= 0.6 is 0 Å². The lowest BCUT2D eigenvalue weighted by Crippen LogP contribution is -2.39. The van der Waals surface area contributed by atoms with Crippen LogP contribution < -0.4 is 10.5 Å². The van der Waals surface area contributed by atoms with Crippen LogP contribution in [0.4, 0.5) is 0 Å². The first-order valence-electron chi connectivity index (χ1n) is 6.87. The van der Waals surface area contributed by atoms with Gasteiger partial charge in [0.1, 0.15) is 5.75 Å². The molecule has 0 spiro atoms. The van der Waals surface area contributed by atoms with Crippen molar-refractivity contribution in [3.63, 3.8) is 0 Å². The maximum Gasteiger partial charge on any atom is 0.124 e. The molecule has 2 N–H and O–H groups in total. The lowest BCUT2D eigenvalue weighted by atomic mass is 9.65. The van der Waals surface area contributed by atoms with E-state index in [0.29, 0.717) is 5.41 Å². The quantitative estimate of drug-likeness (QED) is 0.886. The molecule has 1 aliphatic rings. The van der Waals surface area contributed by atoms with E-state index < -0.39 is 0 Å². The molecule has 0 saturated heterocycles. The Bertz CT molecular complexity index is 441. The zero-order valence-corrected chi connectivity index (χ0v) is 12.1. The first-order valence-corrected chi connectivity index (χ1v) is 6.87. The van der Waals surface area contributed by atoms with Gasteiger partial charge in [0.2, 0.25) is 0 Å². The highest BCUT2D eigenvalue weighted by molar-refractivity contribution is 5.49. The standard InChI is InChI=1S/C16H25NO/c1-11-8-14(9-16(10-17)6-5-7-16)12(2)13(3)15(11)18-4/h8H,5-7,9-10,17H2,1-4H3. The molecule has 2 nitrogen and oxygen atoms in total. The third-order valence-electron chi connectivity index (χ3n) is 4.75. The molecule has 1 aromatic carbocycles. The number of rotatable bonds is 4. The van der Waals surface area contributed by atoms with Gasteiger partial charge in [0.15, 0.2) is 0 Å². The van der Waals surface area contributed by atoms with Crippen molar-refractivity contribution >= 4 is 0 Å². The summed E-state index contributed by atoms with van der Waals surface area (Å²) >= 11 is 0. The number of methoxy groups -OCH3 is 1. The van der Waals surface area contributed by atoms with Crippen LogP contribution in [-0.4, -0.2) is 13.7 Å². The fourth-order valence-electron chi connectivity index (χ4n) is 3.17. The fourth-order valence-corrected chi connectivity index (χ4v) is 3.17. The molecule has 1 fully saturated rings. The van der Waals surface area contributed by atoms with Crippen LogP contribution in [-0.2, 0) is 6.42 Å². The van der Waals surface area contributed by atoms with E-state index in [2.05, 4.69) is 26.8 Å². The van der Waals surface area contributed by atoms with Gasteiger partial charge in [0, 0.05) is 0 Å². The zero-order valence-electron chi connectivity index (χ0n) is 12.1.